The number of anilines is 1. The first-order chi connectivity index (χ1) is 14.5. The van der Waals surface area contributed by atoms with Crippen molar-refractivity contribution in [2.24, 2.45) is 0 Å². The van der Waals surface area contributed by atoms with Gasteiger partial charge in [0.2, 0.25) is 0 Å². The molecule has 0 saturated carbocycles. The summed E-state index contributed by atoms with van der Waals surface area (Å²) in [6, 6.07) is 9.54. The van der Waals surface area contributed by atoms with Gasteiger partial charge in [0.1, 0.15) is 16.2 Å². The Morgan fingerprint density at radius 1 is 1.23 bits per heavy atom. The van der Waals surface area contributed by atoms with Crippen molar-refractivity contribution in [2.45, 2.75) is 18.9 Å². The first-order valence-corrected chi connectivity index (χ1v) is 11.4. The molecule has 154 valence electrons. The molecule has 30 heavy (non-hydrogen) atoms. The first kappa shape index (κ1) is 19.8. The number of thiazole rings is 1. The standard InChI is InChI=1S/C21H15ClF2N2O2S2/c22-17-13-5-1-2-6-15(13)29-19(17)20(27)26(10-12-4-3-7-28-12)21-25-18-14(24)8-11(23)9-16(18)30-21/h1-2,5-6,8-9,12H,3-4,7,10H2. The van der Waals surface area contributed by atoms with Crippen LogP contribution in [0.15, 0.2) is 36.4 Å². The fourth-order valence-corrected chi connectivity index (χ4v) is 6.05. The van der Waals surface area contributed by atoms with Crippen LogP contribution in [0.3, 0.4) is 0 Å². The maximum atomic E-state index is 14.2. The summed E-state index contributed by atoms with van der Waals surface area (Å²) in [5, 5.41) is 1.49. The number of nitrogens with zero attached hydrogens (tertiary/aromatic N) is 2. The van der Waals surface area contributed by atoms with Gasteiger partial charge in [-0.1, -0.05) is 41.1 Å². The zero-order chi connectivity index (χ0) is 20.8. The van der Waals surface area contributed by atoms with E-state index >= 15 is 0 Å². The van der Waals surface area contributed by atoms with Crippen LogP contribution in [0.4, 0.5) is 13.9 Å². The van der Waals surface area contributed by atoms with E-state index in [1.54, 1.807) is 0 Å². The van der Waals surface area contributed by atoms with Crippen molar-refractivity contribution in [1.29, 1.82) is 0 Å². The van der Waals surface area contributed by atoms with Crippen LogP contribution < -0.4 is 4.90 Å². The molecule has 1 amide bonds. The third kappa shape index (κ3) is 3.47. The quantitative estimate of drug-likeness (QED) is 0.357. The highest BCUT2D eigenvalue weighted by Gasteiger charge is 2.30. The lowest BCUT2D eigenvalue weighted by Gasteiger charge is -2.22. The van der Waals surface area contributed by atoms with E-state index in [9.17, 15) is 13.6 Å². The van der Waals surface area contributed by atoms with Crippen LogP contribution >= 0.6 is 34.3 Å². The third-order valence-electron chi connectivity index (χ3n) is 5.02. The number of thiophene rings is 1. The van der Waals surface area contributed by atoms with Gasteiger partial charge in [-0.3, -0.25) is 9.69 Å². The SMILES string of the molecule is O=C(c1sc2ccccc2c1Cl)N(CC1CCCO1)c1nc2c(F)cc(F)cc2s1. The Morgan fingerprint density at radius 2 is 2.07 bits per heavy atom. The second kappa shape index (κ2) is 7.85. The molecule has 4 aromatic rings. The number of amides is 1. The number of halogens is 3. The van der Waals surface area contributed by atoms with Crippen LogP contribution in [0.5, 0.6) is 0 Å². The molecule has 9 heteroatoms. The minimum atomic E-state index is -0.753. The zero-order valence-corrected chi connectivity index (χ0v) is 17.9. The Balaban J connectivity index is 1.60. The number of fused-ring (bicyclic) bond motifs is 2. The van der Waals surface area contributed by atoms with Gasteiger partial charge in [-0.25, -0.2) is 13.8 Å². The molecule has 3 heterocycles. The van der Waals surface area contributed by atoms with Crippen LogP contribution in [-0.2, 0) is 4.74 Å². The summed E-state index contributed by atoms with van der Waals surface area (Å²) in [5.41, 5.74) is 0.0453. The van der Waals surface area contributed by atoms with Crippen LogP contribution in [0.1, 0.15) is 22.5 Å². The fourth-order valence-electron chi connectivity index (χ4n) is 3.57. The van der Waals surface area contributed by atoms with Crippen LogP contribution in [-0.4, -0.2) is 30.1 Å². The van der Waals surface area contributed by atoms with Gasteiger partial charge < -0.3 is 4.74 Å². The van der Waals surface area contributed by atoms with Gasteiger partial charge in [0.15, 0.2) is 10.9 Å². The molecular weight excluding hydrogens is 450 g/mol. The molecule has 5 rings (SSSR count). The molecule has 0 spiro atoms. The summed E-state index contributed by atoms with van der Waals surface area (Å²) in [7, 11) is 0. The van der Waals surface area contributed by atoms with E-state index in [0.717, 1.165) is 40.3 Å². The lowest BCUT2D eigenvalue weighted by Crippen LogP contribution is -2.37. The van der Waals surface area contributed by atoms with Crippen LogP contribution in [0.25, 0.3) is 20.3 Å². The number of hydrogen-bond donors (Lipinski definition) is 0. The van der Waals surface area contributed by atoms with E-state index in [1.165, 1.54) is 22.3 Å². The van der Waals surface area contributed by atoms with Gasteiger partial charge in [-0.15, -0.1) is 11.3 Å². The molecule has 0 radical (unpaired) electrons. The predicted octanol–water partition coefficient (Wildman–Crippen LogP) is 6.27. The first-order valence-electron chi connectivity index (χ1n) is 9.37. The summed E-state index contributed by atoms with van der Waals surface area (Å²) in [4.78, 5) is 19.7. The lowest BCUT2D eigenvalue weighted by molar-refractivity contribution is 0.0921. The third-order valence-corrected chi connectivity index (χ3v) is 7.71. The molecule has 0 aliphatic carbocycles. The summed E-state index contributed by atoms with van der Waals surface area (Å²) in [5.74, 6) is -1.76. The Labute approximate surface area is 183 Å². The van der Waals surface area contributed by atoms with Crippen molar-refractivity contribution in [1.82, 2.24) is 4.98 Å². The van der Waals surface area contributed by atoms with Gasteiger partial charge in [0.05, 0.1) is 22.4 Å². The molecule has 1 aliphatic heterocycles. The Morgan fingerprint density at radius 3 is 2.83 bits per heavy atom. The lowest BCUT2D eigenvalue weighted by atomic mass is 10.2. The average Bonchev–Trinajstić information content (AvgIpc) is 3.45. The van der Waals surface area contributed by atoms with E-state index in [-0.39, 0.29) is 24.1 Å². The van der Waals surface area contributed by atoms with Gasteiger partial charge >= 0.3 is 0 Å². The molecule has 2 aromatic heterocycles. The number of carbonyl (C=O) groups is 1. The van der Waals surface area contributed by atoms with E-state index in [0.29, 0.717) is 26.3 Å². The van der Waals surface area contributed by atoms with E-state index in [4.69, 9.17) is 16.3 Å². The smallest absolute Gasteiger partial charge is 0.271 e. The number of rotatable bonds is 4. The van der Waals surface area contributed by atoms with Crippen molar-refractivity contribution in [2.75, 3.05) is 18.1 Å². The molecule has 1 saturated heterocycles. The number of carbonyl (C=O) groups excluding carboxylic acids is 1. The highest BCUT2D eigenvalue weighted by molar-refractivity contribution is 7.23. The van der Waals surface area contributed by atoms with Gasteiger partial charge in [-0.05, 0) is 25.0 Å². The van der Waals surface area contributed by atoms with Crippen LogP contribution in [0.2, 0.25) is 5.02 Å². The second-order valence-corrected chi connectivity index (χ2v) is 9.46. The van der Waals surface area contributed by atoms with Crippen molar-refractivity contribution < 1.29 is 18.3 Å². The average molecular weight is 465 g/mol. The Kier molecular flexibility index (Phi) is 5.18. The molecular formula is C21H15ClF2N2O2S2. The number of ether oxygens (including phenoxy) is 1. The van der Waals surface area contributed by atoms with E-state index < -0.39 is 11.6 Å². The van der Waals surface area contributed by atoms with Gasteiger partial charge in [0.25, 0.3) is 5.91 Å². The highest BCUT2D eigenvalue weighted by atomic mass is 35.5. The number of aromatic nitrogens is 1. The number of benzene rings is 2. The number of hydrogen-bond acceptors (Lipinski definition) is 5. The fraction of sp³-hybridized carbons (Fsp3) is 0.238. The van der Waals surface area contributed by atoms with Crippen molar-refractivity contribution >= 4 is 65.6 Å². The highest BCUT2D eigenvalue weighted by Crippen LogP contribution is 2.38. The maximum absolute atomic E-state index is 14.2. The van der Waals surface area contributed by atoms with Gasteiger partial charge in [0, 0.05) is 22.8 Å². The Hall–Kier alpha value is -2.13. The molecule has 1 atom stereocenters. The summed E-state index contributed by atoms with van der Waals surface area (Å²) < 4.78 is 34.8. The zero-order valence-electron chi connectivity index (χ0n) is 15.5. The topological polar surface area (TPSA) is 42.4 Å². The second-order valence-electron chi connectivity index (χ2n) is 7.02. The molecule has 0 bridgehead atoms. The minimum Gasteiger partial charge on any atom is -0.376 e. The van der Waals surface area contributed by atoms with E-state index in [1.807, 2.05) is 24.3 Å². The molecule has 4 nitrogen and oxygen atoms in total. The molecule has 2 aromatic carbocycles. The molecule has 1 fully saturated rings. The van der Waals surface area contributed by atoms with Crippen LogP contribution in [0, 0.1) is 11.6 Å². The summed E-state index contributed by atoms with van der Waals surface area (Å²) in [6.07, 6.45) is 1.59. The monoisotopic (exact) mass is 464 g/mol. The summed E-state index contributed by atoms with van der Waals surface area (Å²) >= 11 is 8.91. The molecule has 1 unspecified atom stereocenters. The molecule has 0 N–H and O–H groups in total. The van der Waals surface area contributed by atoms with E-state index in [2.05, 4.69) is 4.98 Å². The largest absolute Gasteiger partial charge is 0.376 e. The van der Waals surface area contributed by atoms with Crippen molar-refractivity contribution in [3.8, 4) is 0 Å². The van der Waals surface area contributed by atoms with Crippen molar-refractivity contribution in [3.63, 3.8) is 0 Å². The molecule has 1 aliphatic rings. The minimum absolute atomic E-state index is 0.0453. The summed E-state index contributed by atoms with van der Waals surface area (Å²) in [6.45, 7) is 0.906. The van der Waals surface area contributed by atoms with Gasteiger partial charge in [-0.2, -0.15) is 0 Å². The Bertz CT molecular complexity index is 1270. The predicted molar refractivity (Wildman–Crippen MR) is 117 cm³/mol. The van der Waals surface area contributed by atoms with Crippen molar-refractivity contribution in [3.05, 3.63) is 57.9 Å². The normalized spacial score (nSPS) is 16.6. The maximum Gasteiger partial charge on any atom is 0.271 e.